The molecule has 1 aliphatic rings. The van der Waals surface area contributed by atoms with Crippen LogP contribution in [-0.2, 0) is 0 Å². The van der Waals surface area contributed by atoms with Gasteiger partial charge in [0.15, 0.2) is 0 Å². The van der Waals surface area contributed by atoms with E-state index in [1.165, 1.54) is 12.3 Å². The predicted octanol–water partition coefficient (Wildman–Crippen LogP) is 2.13. The van der Waals surface area contributed by atoms with E-state index in [4.69, 9.17) is 5.11 Å². The Morgan fingerprint density at radius 1 is 1.47 bits per heavy atom. The van der Waals surface area contributed by atoms with Gasteiger partial charge in [-0.3, -0.25) is 0 Å². The van der Waals surface area contributed by atoms with Crippen molar-refractivity contribution in [1.82, 2.24) is 4.98 Å². The Kier molecular flexibility index (Phi) is 4.04. The number of aliphatic hydroxyl groups is 1. The van der Waals surface area contributed by atoms with Gasteiger partial charge in [0.1, 0.15) is 5.69 Å². The van der Waals surface area contributed by atoms with Crippen molar-refractivity contribution >= 4 is 11.7 Å². The van der Waals surface area contributed by atoms with Crippen LogP contribution in [0.15, 0.2) is 18.3 Å². The van der Waals surface area contributed by atoms with Gasteiger partial charge in [-0.1, -0.05) is 6.92 Å². The van der Waals surface area contributed by atoms with Crippen LogP contribution in [0.2, 0.25) is 0 Å². The van der Waals surface area contributed by atoms with E-state index in [0.29, 0.717) is 5.92 Å². The molecule has 0 unspecified atom stereocenters. The maximum atomic E-state index is 10.7. The summed E-state index contributed by atoms with van der Waals surface area (Å²) >= 11 is 0. The molecule has 0 aliphatic heterocycles. The van der Waals surface area contributed by atoms with Crippen LogP contribution in [0.4, 0.5) is 5.69 Å². The van der Waals surface area contributed by atoms with Gasteiger partial charge >= 0.3 is 5.97 Å². The molecule has 0 saturated heterocycles. The van der Waals surface area contributed by atoms with E-state index in [1.807, 2.05) is 0 Å². The molecule has 0 radical (unpaired) electrons. The van der Waals surface area contributed by atoms with Gasteiger partial charge in [0.25, 0.3) is 0 Å². The first-order valence-corrected chi connectivity index (χ1v) is 6.63. The summed E-state index contributed by atoms with van der Waals surface area (Å²) in [6.45, 7) is 2.31. The fraction of sp³-hybridized carbons (Fsp3) is 0.571. The molecule has 0 atom stereocenters. The minimum Gasteiger partial charge on any atom is -0.477 e. The number of aromatic nitrogens is 1. The maximum absolute atomic E-state index is 10.7. The topological polar surface area (TPSA) is 82.5 Å². The molecule has 2 rings (SSSR count). The highest BCUT2D eigenvalue weighted by molar-refractivity contribution is 5.85. The van der Waals surface area contributed by atoms with Crippen molar-refractivity contribution in [3.05, 3.63) is 24.0 Å². The first kappa shape index (κ1) is 13.8. The molecular formula is C14H20N2O3. The lowest BCUT2D eigenvalue weighted by molar-refractivity contribution is 0.0690. The Labute approximate surface area is 112 Å². The Balaban J connectivity index is 2.08. The average Bonchev–Trinajstić information content (AvgIpc) is 2.42. The molecule has 0 aromatic carbocycles. The molecule has 1 aromatic heterocycles. The summed E-state index contributed by atoms with van der Waals surface area (Å²) < 4.78 is 0. The molecule has 0 spiro atoms. The number of nitrogens with one attached hydrogen (secondary N) is 1. The number of pyridine rings is 1. The zero-order valence-corrected chi connectivity index (χ0v) is 11.1. The number of nitrogens with zero attached hydrogens (tertiary/aromatic N) is 1. The van der Waals surface area contributed by atoms with Crippen molar-refractivity contribution < 1.29 is 15.0 Å². The van der Waals surface area contributed by atoms with E-state index >= 15 is 0 Å². The second kappa shape index (κ2) is 5.57. The summed E-state index contributed by atoms with van der Waals surface area (Å²) in [5.74, 6) is -0.330. The van der Waals surface area contributed by atoms with E-state index < -0.39 is 5.97 Å². The van der Waals surface area contributed by atoms with Gasteiger partial charge in [-0.2, -0.15) is 0 Å². The molecule has 1 saturated carbocycles. The molecule has 1 heterocycles. The molecule has 1 aliphatic carbocycles. The molecule has 0 bridgehead atoms. The average molecular weight is 264 g/mol. The summed E-state index contributed by atoms with van der Waals surface area (Å²) in [7, 11) is 0. The van der Waals surface area contributed by atoms with Crippen molar-refractivity contribution in [2.75, 3.05) is 11.9 Å². The summed E-state index contributed by atoms with van der Waals surface area (Å²) in [6, 6.07) is 3.17. The van der Waals surface area contributed by atoms with Gasteiger partial charge in [-0.05, 0) is 43.7 Å². The molecular weight excluding hydrogens is 244 g/mol. The van der Waals surface area contributed by atoms with Crippen molar-refractivity contribution in [3.63, 3.8) is 0 Å². The number of aliphatic hydroxyl groups excluding tert-OH is 1. The van der Waals surface area contributed by atoms with E-state index in [9.17, 15) is 9.90 Å². The first-order valence-electron chi connectivity index (χ1n) is 6.63. The predicted molar refractivity (Wildman–Crippen MR) is 72.3 cm³/mol. The van der Waals surface area contributed by atoms with Crippen LogP contribution < -0.4 is 5.32 Å². The van der Waals surface area contributed by atoms with Gasteiger partial charge in [-0.25, -0.2) is 9.78 Å². The van der Waals surface area contributed by atoms with Crippen LogP contribution in [0.3, 0.4) is 0 Å². The quantitative estimate of drug-likeness (QED) is 0.776. The fourth-order valence-electron chi connectivity index (χ4n) is 2.54. The van der Waals surface area contributed by atoms with E-state index in [0.717, 1.165) is 31.4 Å². The number of carbonyl (C=O) groups is 1. The molecule has 3 N–H and O–H groups in total. The van der Waals surface area contributed by atoms with Gasteiger partial charge < -0.3 is 15.5 Å². The van der Waals surface area contributed by atoms with Crippen molar-refractivity contribution in [1.29, 1.82) is 0 Å². The number of rotatable bonds is 4. The summed E-state index contributed by atoms with van der Waals surface area (Å²) in [5.41, 5.74) is 0.494. The largest absolute Gasteiger partial charge is 0.477 e. The van der Waals surface area contributed by atoms with Crippen LogP contribution in [-0.4, -0.2) is 33.3 Å². The first-order chi connectivity index (χ1) is 9.04. The lowest BCUT2D eigenvalue weighted by Crippen LogP contribution is -2.45. The highest BCUT2D eigenvalue weighted by Crippen LogP contribution is 2.34. The maximum Gasteiger partial charge on any atom is 0.354 e. The number of anilines is 1. The number of hydrogen-bond acceptors (Lipinski definition) is 4. The molecule has 0 amide bonds. The zero-order valence-electron chi connectivity index (χ0n) is 11.1. The van der Waals surface area contributed by atoms with Crippen LogP contribution in [0, 0.1) is 5.92 Å². The van der Waals surface area contributed by atoms with Crippen LogP contribution in [0.25, 0.3) is 0 Å². The highest BCUT2D eigenvalue weighted by atomic mass is 16.4. The van der Waals surface area contributed by atoms with Crippen molar-refractivity contribution in [2.24, 2.45) is 5.92 Å². The van der Waals surface area contributed by atoms with Gasteiger partial charge in [0, 0.05) is 0 Å². The Bertz CT molecular complexity index is 437. The van der Waals surface area contributed by atoms with Gasteiger partial charge in [-0.15, -0.1) is 0 Å². The minimum atomic E-state index is -1.03. The highest BCUT2D eigenvalue weighted by Gasteiger charge is 2.33. The lowest BCUT2D eigenvalue weighted by atomic mass is 9.77. The Morgan fingerprint density at radius 3 is 2.63 bits per heavy atom. The smallest absolute Gasteiger partial charge is 0.354 e. The zero-order chi connectivity index (χ0) is 13.9. The molecule has 19 heavy (non-hydrogen) atoms. The Morgan fingerprint density at radius 2 is 2.16 bits per heavy atom. The summed E-state index contributed by atoms with van der Waals surface area (Å²) in [5, 5.41) is 21.8. The lowest BCUT2D eigenvalue weighted by Gasteiger charge is -2.39. The Hall–Kier alpha value is -1.62. The third-order valence-corrected chi connectivity index (χ3v) is 3.93. The monoisotopic (exact) mass is 264 g/mol. The fourth-order valence-corrected chi connectivity index (χ4v) is 2.54. The van der Waals surface area contributed by atoms with Gasteiger partial charge in [0.2, 0.25) is 0 Å². The molecule has 1 aromatic rings. The minimum absolute atomic E-state index is 0.0286. The van der Waals surface area contributed by atoms with Gasteiger partial charge in [0.05, 0.1) is 24.0 Å². The standard InChI is InChI=1S/C14H20N2O3/c1-10-4-6-14(9-17,7-5-10)16-11-2-3-12(13(18)19)15-8-11/h2-3,8,10,16-17H,4-7,9H2,1H3,(H,18,19). The normalized spacial score (nSPS) is 26.9. The molecule has 5 heteroatoms. The van der Waals surface area contributed by atoms with E-state index in [1.54, 1.807) is 6.07 Å². The SMILES string of the molecule is CC1CCC(CO)(Nc2ccc(C(=O)O)nc2)CC1. The van der Waals surface area contributed by atoms with Crippen molar-refractivity contribution in [2.45, 2.75) is 38.1 Å². The number of aromatic carboxylic acids is 1. The summed E-state index contributed by atoms with van der Waals surface area (Å²) in [6.07, 6.45) is 5.54. The number of hydrogen-bond donors (Lipinski definition) is 3. The second-order valence-electron chi connectivity index (χ2n) is 5.48. The molecule has 1 fully saturated rings. The van der Waals surface area contributed by atoms with E-state index in [-0.39, 0.29) is 17.8 Å². The van der Waals surface area contributed by atoms with Crippen molar-refractivity contribution in [3.8, 4) is 0 Å². The third-order valence-electron chi connectivity index (χ3n) is 3.93. The van der Waals surface area contributed by atoms with Crippen LogP contribution in [0.1, 0.15) is 43.1 Å². The van der Waals surface area contributed by atoms with E-state index in [2.05, 4.69) is 17.2 Å². The number of carboxylic acid groups (broad SMARTS) is 1. The third kappa shape index (κ3) is 3.23. The van der Waals surface area contributed by atoms with Crippen LogP contribution in [0.5, 0.6) is 0 Å². The molecule has 5 nitrogen and oxygen atoms in total. The van der Waals surface area contributed by atoms with Crippen LogP contribution >= 0.6 is 0 Å². The second-order valence-corrected chi connectivity index (χ2v) is 5.48. The number of carboxylic acids is 1. The summed E-state index contributed by atoms with van der Waals surface area (Å²) in [4.78, 5) is 14.6. The molecule has 104 valence electrons.